The van der Waals surface area contributed by atoms with Crippen molar-refractivity contribution in [1.82, 2.24) is 9.88 Å². The molecule has 1 aliphatic heterocycles. The van der Waals surface area contributed by atoms with E-state index in [0.717, 1.165) is 16.7 Å². The number of thiocarbonyl (C=S) groups is 1. The lowest BCUT2D eigenvalue weighted by atomic mass is 10.1. The molecule has 0 radical (unpaired) electrons. The molecule has 2 amide bonds. The summed E-state index contributed by atoms with van der Waals surface area (Å²) in [5.41, 5.74) is 3.67. The predicted octanol–water partition coefficient (Wildman–Crippen LogP) is 4.05. The Morgan fingerprint density at radius 2 is 1.79 bits per heavy atom. The van der Waals surface area contributed by atoms with E-state index >= 15 is 0 Å². The van der Waals surface area contributed by atoms with Crippen LogP contribution in [0.25, 0.3) is 6.08 Å². The second-order valence-electron chi connectivity index (χ2n) is 7.63. The summed E-state index contributed by atoms with van der Waals surface area (Å²) in [5.74, 6) is -0.850. The molecule has 1 aromatic heterocycles. The van der Waals surface area contributed by atoms with Crippen LogP contribution in [0.2, 0.25) is 0 Å². The van der Waals surface area contributed by atoms with E-state index in [-0.39, 0.29) is 10.7 Å². The predicted molar refractivity (Wildman–Crippen MR) is 114 cm³/mol. The highest BCUT2D eigenvalue weighted by Crippen LogP contribution is 2.30. The van der Waals surface area contributed by atoms with Crippen molar-refractivity contribution in [3.05, 3.63) is 58.9 Å². The fourth-order valence-electron chi connectivity index (χ4n) is 4.08. The van der Waals surface area contributed by atoms with Crippen LogP contribution in [0, 0.1) is 13.8 Å². The first kappa shape index (κ1) is 18.6. The van der Waals surface area contributed by atoms with Crippen LogP contribution in [-0.2, 0) is 9.59 Å². The molecule has 2 heterocycles. The smallest absolute Gasteiger partial charge is 0.270 e. The zero-order chi connectivity index (χ0) is 19.8. The second-order valence-corrected chi connectivity index (χ2v) is 8.02. The lowest BCUT2D eigenvalue weighted by molar-refractivity contribution is -0.122. The first-order valence-electron chi connectivity index (χ1n) is 9.59. The topological polar surface area (TPSA) is 54.3 Å². The Bertz CT molecular complexity index is 979. The maximum absolute atomic E-state index is 13.1. The average molecular weight is 394 g/mol. The summed E-state index contributed by atoms with van der Waals surface area (Å²) in [6, 6.07) is 8.27. The van der Waals surface area contributed by atoms with Crippen LogP contribution >= 0.6 is 12.2 Å². The third-order valence-electron chi connectivity index (χ3n) is 5.36. The number of nitrogens with one attached hydrogen (secondary N) is 1. The summed E-state index contributed by atoms with van der Waals surface area (Å²) >= 11 is 5.29. The Balaban J connectivity index is 1.66. The molecule has 0 bridgehead atoms. The third kappa shape index (κ3) is 3.52. The maximum atomic E-state index is 13.1. The van der Waals surface area contributed by atoms with E-state index < -0.39 is 11.8 Å². The number of aryl methyl sites for hydroxylation is 2. The summed E-state index contributed by atoms with van der Waals surface area (Å²) in [4.78, 5) is 27.0. The van der Waals surface area contributed by atoms with Crippen LogP contribution in [0.15, 0.2) is 42.2 Å². The van der Waals surface area contributed by atoms with Gasteiger partial charge in [0.05, 0.1) is 5.69 Å². The van der Waals surface area contributed by atoms with Gasteiger partial charge >= 0.3 is 0 Å². The van der Waals surface area contributed by atoms with Gasteiger partial charge in [-0.1, -0.05) is 18.9 Å². The van der Waals surface area contributed by atoms with Gasteiger partial charge in [0.15, 0.2) is 5.11 Å². The van der Waals surface area contributed by atoms with Crippen molar-refractivity contribution in [2.45, 2.75) is 45.6 Å². The molecule has 0 unspecified atom stereocenters. The molecule has 6 heteroatoms. The van der Waals surface area contributed by atoms with Crippen molar-refractivity contribution < 1.29 is 9.59 Å². The number of amides is 2. The van der Waals surface area contributed by atoms with Gasteiger partial charge in [-0.2, -0.15) is 0 Å². The molecular weight excluding hydrogens is 370 g/mol. The average Bonchev–Trinajstić information content (AvgIpc) is 3.29. The van der Waals surface area contributed by atoms with Crippen molar-refractivity contribution in [3.63, 3.8) is 0 Å². The van der Waals surface area contributed by atoms with Crippen LogP contribution in [0.3, 0.4) is 0 Å². The fourth-order valence-corrected chi connectivity index (χ4v) is 4.36. The SMILES string of the molecule is Cc1cc(C)cc(N2C(=O)/C(=C\c3ccn(C4CCCC4)c3)C(=O)NC2=S)c1. The zero-order valence-corrected chi connectivity index (χ0v) is 16.9. The summed E-state index contributed by atoms with van der Waals surface area (Å²) < 4.78 is 2.19. The van der Waals surface area contributed by atoms with Crippen LogP contribution < -0.4 is 10.2 Å². The highest BCUT2D eigenvalue weighted by molar-refractivity contribution is 7.80. The molecule has 1 saturated carbocycles. The van der Waals surface area contributed by atoms with Gasteiger partial charge in [0, 0.05) is 18.4 Å². The number of carbonyl (C=O) groups excluding carboxylic acids is 2. The molecule has 2 aromatic rings. The van der Waals surface area contributed by atoms with Gasteiger partial charge in [0.2, 0.25) is 0 Å². The zero-order valence-electron chi connectivity index (χ0n) is 16.1. The van der Waals surface area contributed by atoms with Crippen LogP contribution in [0.1, 0.15) is 48.4 Å². The molecule has 1 N–H and O–H groups in total. The minimum Gasteiger partial charge on any atom is -0.351 e. The van der Waals surface area contributed by atoms with Gasteiger partial charge in [0.25, 0.3) is 11.8 Å². The molecule has 2 aliphatic rings. The van der Waals surface area contributed by atoms with Gasteiger partial charge in [-0.05, 0) is 79.9 Å². The molecule has 144 valence electrons. The van der Waals surface area contributed by atoms with Gasteiger partial charge in [-0.15, -0.1) is 0 Å². The monoisotopic (exact) mass is 393 g/mol. The van der Waals surface area contributed by atoms with E-state index in [4.69, 9.17) is 12.2 Å². The van der Waals surface area contributed by atoms with Crippen LogP contribution in [0.4, 0.5) is 5.69 Å². The number of hydrogen-bond donors (Lipinski definition) is 1. The molecule has 0 spiro atoms. The van der Waals surface area contributed by atoms with Crippen molar-refractivity contribution in [2.75, 3.05) is 4.90 Å². The Morgan fingerprint density at radius 3 is 2.46 bits per heavy atom. The number of benzene rings is 1. The summed E-state index contributed by atoms with van der Waals surface area (Å²) in [7, 11) is 0. The number of anilines is 1. The standard InChI is InChI=1S/C22H23N3O2S/c1-14-9-15(2)11-18(10-14)25-21(27)19(20(26)23-22(25)28)12-16-7-8-24(13-16)17-5-3-4-6-17/h7-13,17H,3-6H2,1-2H3,(H,23,26,28)/b19-12-. The van der Waals surface area contributed by atoms with Gasteiger partial charge < -0.3 is 4.57 Å². The minimum absolute atomic E-state index is 0.0944. The summed E-state index contributed by atoms with van der Waals surface area (Å²) in [6.45, 7) is 3.93. The molecule has 2 fully saturated rings. The van der Waals surface area contributed by atoms with Crippen LogP contribution in [0.5, 0.6) is 0 Å². The number of carbonyl (C=O) groups is 2. The number of hydrogen-bond acceptors (Lipinski definition) is 3. The summed E-state index contributed by atoms with van der Waals surface area (Å²) in [6.07, 6.45) is 10.6. The van der Waals surface area contributed by atoms with E-state index in [0.29, 0.717) is 11.7 Å². The number of aromatic nitrogens is 1. The molecule has 28 heavy (non-hydrogen) atoms. The summed E-state index contributed by atoms with van der Waals surface area (Å²) in [5, 5.41) is 2.76. The van der Waals surface area contributed by atoms with Crippen molar-refractivity contribution in [2.24, 2.45) is 0 Å². The minimum atomic E-state index is -0.454. The molecule has 1 aliphatic carbocycles. The van der Waals surface area contributed by atoms with E-state index in [1.165, 1.54) is 30.6 Å². The Labute approximate surface area is 170 Å². The largest absolute Gasteiger partial charge is 0.351 e. The first-order chi connectivity index (χ1) is 13.4. The Morgan fingerprint density at radius 1 is 1.11 bits per heavy atom. The molecular formula is C22H23N3O2S. The van der Waals surface area contributed by atoms with Gasteiger partial charge in [-0.3, -0.25) is 19.8 Å². The number of rotatable bonds is 3. The molecule has 4 rings (SSSR count). The van der Waals surface area contributed by atoms with E-state index in [1.54, 1.807) is 6.08 Å². The van der Waals surface area contributed by atoms with Gasteiger partial charge in [0.1, 0.15) is 5.57 Å². The van der Waals surface area contributed by atoms with Gasteiger partial charge in [-0.25, -0.2) is 0 Å². The van der Waals surface area contributed by atoms with Crippen molar-refractivity contribution in [1.29, 1.82) is 0 Å². The fraction of sp³-hybridized carbons (Fsp3) is 0.318. The van der Waals surface area contributed by atoms with Crippen molar-refractivity contribution >= 4 is 40.9 Å². The molecule has 0 atom stereocenters. The van der Waals surface area contributed by atoms with Crippen LogP contribution in [-0.4, -0.2) is 21.5 Å². The highest BCUT2D eigenvalue weighted by atomic mass is 32.1. The quantitative estimate of drug-likeness (QED) is 0.486. The maximum Gasteiger partial charge on any atom is 0.270 e. The van der Waals surface area contributed by atoms with E-state index in [2.05, 4.69) is 9.88 Å². The molecule has 1 aromatic carbocycles. The molecule has 5 nitrogen and oxygen atoms in total. The Kier molecular flexibility index (Phi) is 4.89. The second kappa shape index (κ2) is 7.36. The number of nitrogens with zero attached hydrogens (tertiary/aromatic N) is 2. The lowest BCUT2D eigenvalue weighted by Gasteiger charge is -2.29. The van der Waals surface area contributed by atoms with E-state index in [9.17, 15) is 9.59 Å². The normalized spacial score (nSPS) is 19.6. The lowest BCUT2D eigenvalue weighted by Crippen LogP contribution is -2.54. The highest BCUT2D eigenvalue weighted by Gasteiger charge is 2.34. The molecule has 1 saturated heterocycles. The van der Waals surface area contributed by atoms with E-state index in [1.807, 2.05) is 50.5 Å². The van der Waals surface area contributed by atoms with Crippen molar-refractivity contribution in [3.8, 4) is 0 Å². The first-order valence-corrected chi connectivity index (χ1v) is 10.0. The third-order valence-corrected chi connectivity index (χ3v) is 5.65. The Hall–Kier alpha value is -2.73.